The zero-order chi connectivity index (χ0) is 14.0. The van der Waals surface area contributed by atoms with E-state index >= 15 is 0 Å². The Balaban J connectivity index is 2.60. The Bertz CT molecular complexity index is 696. The van der Waals surface area contributed by atoms with E-state index in [1.165, 1.54) is 4.31 Å². The molecule has 5 heteroatoms. The van der Waals surface area contributed by atoms with Gasteiger partial charge in [-0.15, -0.1) is 0 Å². The van der Waals surface area contributed by atoms with Gasteiger partial charge in [0.25, 0.3) is 0 Å². The molecule has 0 amide bonds. The summed E-state index contributed by atoms with van der Waals surface area (Å²) >= 11 is 0. The van der Waals surface area contributed by atoms with Gasteiger partial charge in [-0.3, -0.25) is 4.31 Å². The second-order valence-corrected chi connectivity index (χ2v) is 6.56. The van der Waals surface area contributed by atoms with E-state index in [0.29, 0.717) is 12.4 Å². The fraction of sp³-hybridized carbons (Fsp3) is 0.357. The quantitative estimate of drug-likeness (QED) is 0.864. The summed E-state index contributed by atoms with van der Waals surface area (Å²) < 4.78 is 25.4. The summed E-state index contributed by atoms with van der Waals surface area (Å²) in [5.74, 6) is 0.570. The number of aryl methyl sites for hydroxylation is 1. The highest BCUT2D eigenvalue weighted by atomic mass is 32.2. The molecule has 2 rings (SSSR count). The normalized spacial score (nSPS) is 11.7. The van der Waals surface area contributed by atoms with E-state index in [-0.39, 0.29) is 5.75 Å². The predicted molar refractivity (Wildman–Crippen MR) is 79.0 cm³/mol. The minimum absolute atomic E-state index is 0.0777. The molecule has 0 unspecified atom stereocenters. The van der Waals surface area contributed by atoms with E-state index < -0.39 is 10.0 Å². The van der Waals surface area contributed by atoms with Gasteiger partial charge in [-0.25, -0.2) is 13.4 Å². The van der Waals surface area contributed by atoms with Crippen LogP contribution in [-0.2, 0) is 10.0 Å². The Kier molecular flexibility index (Phi) is 3.75. The van der Waals surface area contributed by atoms with Crippen molar-refractivity contribution < 1.29 is 8.42 Å². The Morgan fingerprint density at radius 1 is 1.16 bits per heavy atom. The molecule has 4 nitrogen and oxygen atoms in total. The van der Waals surface area contributed by atoms with Gasteiger partial charge in [0, 0.05) is 11.9 Å². The molecule has 0 aliphatic carbocycles. The summed E-state index contributed by atoms with van der Waals surface area (Å²) in [5.41, 5.74) is 1.90. The van der Waals surface area contributed by atoms with Crippen LogP contribution in [0.25, 0.3) is 10.9 Å². The summed E-state index contributed by atoms with van der Waals surface area (Å²) in [6, 6.07) is 9.60. The molecule has 0 aliphatic rings. The lowest BCUT2D eigenvalue weighted by atomic mass is 10.1. The van der Waals surface area contributed by atoms with Crippen molar-refractivity contribution in [1.82, 2.24) is 4.98 Å². The Hall–Kier alpha value is -1.62. The molecule has 1 aromatic carbocycles. The van der Waals surface area contributed by atoms with Crippen molar-refractivity contribution in [3.05, 3.63) is 35.9 Å². The highest BCUT2D eigenvalue weighted by molar-refractivity contribution is 7.92. The summed E-state index contributed by atoms with van der Waals surface area (Å²) in [7, 11) is -3.27. The van der Waals surface area contributed by atoms with Crippen molar-refractivity contribution in [3.8, 4) is 0 Å². The number of pyridine rings is 1. The Morgan fingerprint density at radius 2 is 1.89 bits per heavy atom. The predicted octanol–water partition coefficient (Wildman–Crippen LogP) is 2.72. The molecule has 0 spiro atoms. The molecule has 2 aromatic rings. The third-order valence-corrected chi connectivity index (χ3v) is 5.00. The number of sulfonamides is 1. The van der Waals surface area contributed by atoms with E-state index in [1.54, 1.807) is 13.0 Å². The van der Waals surface area contributed by atoms with E-state index in [2.05, 4.69) is 4.98 Å². The third kappa shape index (κ3) is 2.56. The largest absolute Gasteiger partial charge is 0.254 e. The SMILES string of the molecule is CCN(c1ccc2cccc(C)c2n1)S(=O)(=O)CC. The molecule has 0 saturated carbocycles. The number of anilines is 1. The first-order valence-corrected chi connectivity index (χ1v) is 7.97. The average Bonchev–Trinajstić information content (AvgIpc) is 2.40. The van der Waals surface area contributed by atoms with Gasteiger partial charge < -0.3 is 0 Å². The zero-order valence-electron chi connectivity index (χ0n) is 11.4. The van der Waals surface area contributed by atoms with Crippen LogP contribution < -0.4 is 4.31 Å². The van der Waals surface area contributed by atoms with E-state index in [9.17, 15) is 8.42 Å². The number of hydrogen-bond donors (Lipinski definition) is 0. The highest BCUT2D eigenvalue weighted by Gasteiger charge is 2.20. The van der Waals surface area contributed by atoms with Crippen molar-refractivity contribution in [1.29, 1.82) is 0 Å². The van der Waals surface area contributed by atoms with Crippen molar-refractivity contribution >= 4 is 26.7 Å². The van der Waals surface area contributed by atoms with Crippen LogP contribution in [0.4, 0.5) is 5.82 Å². The van der Waals surface area contributed by atoms with Crippen LogP contribution in [0.3, 0.4) is 0 Å². The summed E-state index contributed by atoms with van der Waals surface area (Å²) in [5, 5.41) is 1.02. The minimum Gasteiger partial charge on any atom is -0.254 e. The van der Waals surface area contributed by atoms with Gasteiger partial charge in [0.2, 0.25) is 10.0 Å². The van der Waals surface area contributed by atoms with Crippen LogP contribution >= 0.6 is 0 Å². The summed E-state index contributed by atoms with van der Waals surface area (Å²) in [6.07, 6.45) is 0. The van der Waals surface area contributed by atoms with Gasteiger partial charge in [-0.1, -0.05) is 18.2 Å². The summed E-state index contributed by atoms with van der Waals surface area (Å²) in [6.45, 7) is 5.82. The molecular weight excluding hydrogens is 260 g/mol. The van der Waals surface area contributed by atoms with Crippen LogP contribution in [0.2, 0.25) is 0 Å². The van der Waals surface area contributed by atoms with Gasteiger partial charge >= 0.3 is 0 Å². The number of hydrogen-bond acceptors (Lipinski definition) is 3. The topological polar surface area (TPSA) is 50.3 Å². The van der Waals surface area contributed by atoms with Crippen LogP contribution in [0.1, 0.15) is 19.4 Å². The van der Waals surface area contributed by atoms with Gasteiger partial charge in [-0.2, -0.15) is 0 Å². The van der Waals surface area contributed by atoms with E-state index in [0.717, 1.165) is 16.5 Å². The molecule has 19 heavy (non-hydrogen) atoms. The molecule has 0 fully saturated rings. The van der Waals surface area contributed by atoms with Gasteiger partial charge in [0.15, 0.2) is 0 Å². The van der Waals surface area contributed by atoms with E-state index in [1.807, 2.05) is 38.1 Å². The molecule has 0 N–H and O–H groups in total. The first kappa shape index (κ1) is 13.8. The standard InChI is InChI=1S/C14H18N2O2S/c1-4-16(19(17,18)5-2)13-10-9-12-8-6-7-11(3)14(12)15-13/h6-10H,4-5H2,1-3H3. The maximum absolute atomic E-state index is 12.0. The number of para-hydroxylation sites is 1. The van der Waals surface area contributed by atoms with Gasteiger partial charge in [-0.05, 0) is 38.5 Å². The van der Waals surface area contributed by atoms with Crippen LogP contribution in [0.5, 0.6) is 0 Å². The smallest absolute Gasteiger partial charge is 0.236 e. The number of nitrogens with zero attached hydrogens (tertiary/aromatic N) is 2. The fourth-order valence-electron chi connectivity index (χ4n) is 2.08. The maximum atomic E-state index is 12.0. The van der Waals surface area contributed by atoms with Crippen LogP contribution in [0, 0.1) is 6.92 Å². The number of benzene rings is 1. The lowest BCUT2D eigenvalue weighted by Crippen LogP contribution is -2.32. The van der Waals surface area contributed by atoms with Crippen LogP contribution in [0.15, 0.2) is 30.3 Å². The Labute approximate surface area is 114 Å². The first-order chi connectivity index (χ1) is 8.99. The minimum atomic E-state index is -3.27. The Morgan fingerprint density at radius 3 is 2.53 bits per heavy atom. The molecular formula is C14H18N2O2S. The van der Waals surface area contributed by atoms with Gasteiger partial charge in [0.1, 0.15) is 5.82 Å². The molecule has 1 aromatic heterocycles. The average molecular weight is 278 g/mol. The van der Waals surface area contributed by atoms with Crippen molar-refractivity contribution in [2.45, 2.75) is 20.8 Å². The number of fused-ring (bicyclic) bond motifs is 1. The van der Waals surface area contributed by atoms with E-state index in [4.69, 9.17) is 0 Å². The third-order valence-electron chi connectivity index (χ3n) is 3.15. The summed E-state index contributed by atoms with van der Waals surface area (Å²) in [4.78, 5) is 4.51. The van der Waals surface area contributed by atoms with Crippen LogP contribution in [-0.4, -0.2) is 25.7 Å². The molecule has 0 aliphatic heterocycles. The molecule has 102 valence electrons. The number of rotatable bonds is 4. The molecule has 0 atom stereocenters. The second kappa shape index (κ2) is 5.17. The van der Waals surface area contributed by atoms with Crippen molar-refractivity contribution in [2.24, 2.45) is 0 Å². The maximum Gasteiger partial charge on any atom is 0.236 e. The number of aromatic nitrogens is 1. The zero-order valence-corrected chi connectivity index (χ0v) is 12.2. The van der Waals surface area contributed by atoms with Crippen molar-refractivity contribution in [3.63, 3.8) is 0 Å². The lowest BCUT2D eigenvalue weighted by Gasteiger charge is -2.21. The molecule has 1 heterocycles. The lowest BCUT2D eigenvalue weighted by molar-refractivity contribution is 0.592. The molecule has 0 radical (unpaired) electrons. The highest BCUT2D eigenvalue weighted by Crippen LogP contribution is 2.22. The fourth-order valence-corrected chi connectivity index (χ4v) is 3.17. The molecule has 0 saturated heterocycles. The second-order valence-electron chi connectivity index (χ2n) is 4.38. The van der Waals surface area contributed by atoms with Gasteiger partial charge in [0.05, 0.1) is 11.3 Å². The monoisotopic (exact) mass is 278 g/mol. The molecule has 0 bridgehead atoms. The first-order valence-electron chi connectivity index (χ1n) is 6.36. The van der Waals surface area contributed by atoms with Crippen molar-refractivity contribution in [2.75, 3.05) is 16.6 Å².